The fraction of sp³-hybridized carbons (Fsp3) is 0.500. The van der Waals surface area contributed by atoms with Crippen molar-refractivity contribution in [2.75, 3.05) is 0 Å². The summed E-state index contributed by atoms with van der Waals surface area (Å²) >= 11 is 0. The van der Waals surface area contributed by atoms with Crippen LogP contribution in [0, 0.1) is 0 Å². The number of hydrogen-bond donors (Lipinski definition) is 2. The molecule has 0 spiro atoms. The zero-order valence-electron chi connectivity index (χ0n) is 12.8. The molecule has 0 bridgehead atoms. The van der Waals surface area contributed by atoms with Crippen LogP contribution in [0.2, 0.25) is 0 Å². The van der Waals surface area contributed by atoms with Crippen molar-refractivity contribution < 1.29 is 27.9 Å². The maximum absolute atomic E-state index is 13.2. The van der Waals surface area contributed by atoms with E-state index in [2.05, 4.69) is 5.32 Å². The Morgan fingerprint density at radius 3 is 2.30 bits per heavy atom. The number of benzene rings is 1. The molecule has 1 unspecified atom stereocenters. The largest absolute Gasteiger partial charge is 0.480 e. The quantitative estimate of drug-likeness (QED) is 0.766. The molecule has 7 heteroatoms. The molecule has 0 heterocycles. The molecular formula is C16H20F3NO3. The van der Waals surface area contributed by atoms with Gasteiger partial charge in [-0.05, 0) is 12.0 Å². The van der Waals surface area contributed by atoms with E-state index in [0.29, 0.717) is 6.42 Å². The monoisotopic (exact) mass is 331 g/mol. The van der Waals surface area contributed by atoms with Crippen molar-refractivity contribution in [1.82, 2.24) is 5.32 Å². The van der Waals surface area contributed by atoms with Gasteiger partial charge in [0, 0.05) is 6.42 Å². The number of nitrogens with one attached hydrogen (secondary N) is 1. The number of carbonyl (C=O) groups is 2. The maximum Gasteiger partial charge on any atom is 0.396 e. The minimum Gasteiger partial charge on any atom is -0.480 e. The molecule has 1 rings (SSSR count). The smallest absolute Gasteiger partial charge is 0.396 e. The molecule has 1 aromatic carbocycles. The second-order valence-corrected chi connectivity index (χ2v) is 5.31. The number of amides is 1. The highest BCUT2D eigenvalue weighted by atomic mass is 19.4. The lowest BCUT2D eigenvalue weighted by atomic mass is 9.94. The Morgan fingerprint density at radius 1 is 1.22 bits per heavy atom. The highest BCUT2D eigenvalue weighted by molar-refractivity contribution is 5.84. The molecule has 0 aromatic heterocycles. The average Bonchev–Trinajstić information content (AvgIpc) is 2.48. The second-order valence-electron chi connectivity index (χ2n) is 5.31. The normalized spacial score (nSPS) is 14.1. The molecular weight excluding hydrogens is 311 g/mol. The third-order valence-electron chi connectivity index (χ3n) is 3.47. The molecule has 0 aliphatic carbocycles. The van der Waals surface area contributed by atoms with Gasteiger partial charge in [-0.25, -0.2) is 4.79 Å². The van der Waals surface area contributed by atoms with Crippen LogP contribution in [0.3, 0.4) is 0 Å². The first-order valence-corrected chi connectivity index (χ1v) is 7.39. The number of alkyl halides is 3. The van der Waals surface area contributed by atoms with Crippen LogP contribution < -0.4 is 5.32 Å². The first-order valence-electron chi connectivity index (χ1n) is 7.39. The van der Waals surface area contributed by atoms with Crippen LogP contribution in [0.4, 0.5) is 13.2 Å². The number of halogens is 3. The van der Waals surface area contributed by atoms with Crippen molar-refractivity contribution in [1.29, 1.82) is 0 Å². The molecule has 2 atom stereocenters. The molecule has 0 aliphatic rings. The van der Waals surface area contributed by atoms with Gasteiger partial charge >= 0.3 is 12.1 Å². The van der Waals surface area contributed by atoms with Crippen LogP contribution in [0.15, 0.2) is 30.3 Å². The SMILES string of the molecule is CCCC[C@H](NC(=O)CC(c1ccccc1)C(F)(F)F)C(=O)O. The van der Waals surface area contributed by atoms with E-state index in [1.807, 2.05) is 6.92 Å². The minimum atomic E-state index is -4.58. The van der Waals surface area contributed by atoms with Gasteiger partial charge in [-0.1, -0.05) is 50.1 Å². The summed E-state index contributed by atoms with van der Waals surface area (Å²) in [6, 6.07) is 5.96. The topological polar surface area (TPSA) is 66.4 Å². The zero-order valence-corrected chi connectivity index (χ0v) is 12.8. The molecule has 0 saturated carbocycles. The van der Waals surface area contributed by atoms with Crippen molar-refractivity contribution >= 4 is 11.9 Å². The zero-order chi connectivity index (χ0) is 17.5. The van der Waals surface area contributed by atoms with Gasteiger partial charge in [-0.3, -0.25) is 4.79 Å². The van der Waals surface area contributed by atoms with Gasteiger partial charge in [-0.2, -0.15) is 13.2 Å². The van der Waals surface area contributed by atoms with Crippen molar-refractivity contribution in [3.63, 3.8) is 0 Å². The number of carboxylic acid groups (broad SMARTS) is 1. The summed E-state index contributed by atoms with van der Waals surface area (Å²) in [6.07, 6.45) is -3.92. The summed E-state index contributed by atoms with van der Waals surface area (Å²) in [5.74, 6) is -4.11. The van der Waals surface area contributed by atoms with E-state index in [4.69, 9.17) is 5.11 Å². The Hall–Kier alpha value is -2.05. The lowest BCUT2D eigenvalue weighted by molar-refractivity contribution is -0.158. The fourth-order valence-electron chi connectivity index (χ4n) is 2.21. The minimum absolute atomic E-state index is 0.0180. The van der Waals surface area contributed by atoms with Gasteiger partial charge in [0.2, 0.25) is 5.91 Å². The number of aliphatic carboxylic acids is 1. The van der Waals surface area contributed by atoms with E-state index in [-0.39, 0.29) is 12.0 Å². The predicted octanol–water partition coefficient (Wildman–Crippen LogP) is 3.48. The summed E-state index contributed by atoms with van der Waals surface area (Å²) in [5.41, 5.74) is -0.0180. The van der Waals surface area contributed by atoms with Crippen molar-refractivity contribution in [3.8, 4) is 0 Å². The summed E-state index contributed by atoms with van der Waals surface area (Å²) in [4.78, 5) is 22.9. The summed E-state index contributed by atoms with van der Waals surface area (Å²) < 4.78 is 39.5. The molecule has 0 aliphatic heterocycles. The number of carboxylic acids is 1. The van der Waals surface area contributed by atoms with Gasteiger partial charge in [0.05, 0.1) is 5.92 Å². The van der Waals surface area contributed by atoms with Gasteiger partial charge in [0.1, 0.15) is 6.04 Å². The maximum atomic E-state index is 13.2. The van der Waals surface area contributed by atoms with E-state index in [1.165, 1.54) is 24.3 Å². The highest BCUT2D eigenvalue weighted by Gasteiger charge is 2.42. The Bertz CT molecular complexity index is 517. The van der Waals surface area contributed by atoms with Gasteiger partial charge in [0.25, 0.3) is 0 Å². The standard InChI is InChI=1S/C16H20F3NO3/c1-2-3-9-13(15(22)23)20-14(21)10-12(16(17,18)19)11-7-5-4-6-8-11/h4-8,12-13H,2-3,9-10H2,1H3,(H,20,21)(H,22,23)/t12?,13-/m0/s1. The van der Waals surface area contributed by atoms with Crippen LogP contribution in [0.25, 0.3) is 0 Å². The summed E-state index contributed by atoms with van der Waals surface area (Å²) in [6.45, 7) is 1.86. The molecule has 128 valence electrons. The van der Waals surface area contributed by atoms with E-state index in [0.717, 1.165) is 6.42 Å². The predicted molar refractivity (Wildman–Crippen MR) is 78.9 cm³/mol. The van der Waals surface area contributed by atoms with E-state index < -0.39 is 36.4 Å². The second kappa shape index (κ2) is 8.55. The van der Waals surface area contributed by atoms with E-state index >= 15 is 0 Å². The van der Waals surface area contributed by atoms with Crippen LogP contribution in [0.5, 0.6) is 0 Å². The van der Waals surface area contributed by atoms with Crippen LogP contribution in [-0.4, -0.2) is 29.2 Å². The first kappa shape index (κ1) is 19.0. The molecule has 0 saturated heterocycles. The van der Waals surface area contributed by atoms with Crippen molar-refractivity contribution in [3.05, 3.63) is 35.9 Å². The van der Waals surface area contributed by atoms with Crippen LogP contribution in [-0.2, 0) is 9.59 Å². The lowest BCUT2D eigenvalue weighted by Gasteiger charge is -2.21. The number of unbranched alkanes of at least 4 members (excludes halogenated alkanes) is 1. The third-order valence-corrected chi connectivity index (χ3v) is 3.47. The van der Waals surface area contributed by atoms with Gasteiger partial charge < -0.3 is 10.4 Å². The molecule has 1 amide bonds. The van der Waals surface area contributed by atoms with Crippen molar-refractivity contribution in [2.45, 2.75) is 50.7 Å². The fourth-order valence-corrected chi connectivity index (χ4v) is 2.21. The first-order chi connectivity index (χ1) is 10.8. The number of rotatable bonds is 8. The van der Waals surface area contributed by atoms with Gasteiger partial charge in [0.15, 0.2) is 0 Å². The summed E-state index contributed by atoms with van der Waals surface area (Å²) in [7, 11) is 0. The Morgan fingerprint density at radius 2 is 1.83 bits per heavy atom. The average molecular weight is 331 g/mol. The van der Waals surface area contributed by atoms with Crippen molar-refractivity contribution in [2.24, 2.45) is 0 Å². The molecule has 2 N–H and O–H groups in total. The van der Waals surface area contributed by atoms with E-state index in [1.54, 1.807) is 6.07 Å². The molecule has 4 nitrogen and oxygen atoms in total. The van der Waals surface area contributed by atoms with Crippen LogP contribution in [0.1, 0.15) is 44.1 Å². The third kappa shape index (κ3) is 6.30. The summed E-state index contributed by atoms with van der Waals surface area (Å²) in [5, 5.41) is 11.2. The van der Waals surface area contributed by atoms with Crippen LogP contribution >= 0.6 is 0 Å². The molecule has 1 aromatic rings. The van der Waals surface area contributed by atoms with Gasteiger partial charge in [-0.15, -0.1) is 0 Å². The Balaban J connectivity index is 2.79. The molecule has 0 radical (unpaired) electrons. The Labute approximate surface area is 132 Å². The molecule has 0 fully saturated rings. The molecule has 23 heavy (non-hydrogen) atoms. The highest BCUT2D eigenvalue weighted by Crippen LogP contribution is 2.37. The number of hydrogen-bond acceptors (Lipinski definition) is 2. The van der Waals surface area contributed by atoms with E-state index in [9.17, 15) is 22.8 Å². The lowest BCUT2D eigenvalue weighted by Crippen LogP contribution is -2.42. The number of carbonyl (C=O) groups excluding carboxylic acids is 1. The Kier molecular flexibility index (Phi) is 7.06.